The number of hydrogen-bond donors (Lipinski definition) is 1. The molecule has 0 rings (SSSR count). The maximum atomic E-state index is 5.70. The molecule has 0 aliphatic rings. The van der Waals surface area contributed by atoms with Crippen LogP contribution in [0.4, 0.5) is 0 Å². The van der Waals surface area contributed by atoms with Gasteiger partial charge in [0.25, 0.3) is 0 Å². The molecule has 74 valence electrons. The topological polar surface area (TPSA) is 12.0 Å². The molecule has 0 aromatic rings. The Morgan fingerprint density at radius 1 is 1.42 bits per heavy atom. The zero-order chi connectivity index (χ0) is 9.61. The second-order valence-corrected chi connectivity index (χ2v) is 4.60. The van der Waals surface area contributed by atoms with Crippen molar-refractivity contribution in [3.05, 3.63) is 0 Å². The van der Waals surface area contributed by atoms with Gasteiger partial charge in [-0.05, 0) is 32.7 Å². The van der Waals surface area contributed by atoms with Crippen molar-refractivity contribution in [2.75, 3.05) is 12.4 Å². The first-order chi connectivity index (χ1) is 5.52. The Hall–Kier alpha value is 0.250. The second kappa shape index (κ2) is 5.82. The van der Waals surface area contributed by atoms with Crippen LogP contribution < -0.4 is 5.32 Å². The highest BCUT2D eigenvalue weighted by Crippen LogP contribution is 2.10. The van der Waals surface area contributed by atoms with Crippen molar-refractivity contribution < 1.29 is 0 Å². The molecule has 0 aromatic carbocycles. The summed E-state index contributed by atoms with van der Waals surface area (Å²) in [4.78, 5) is 0. The molecular weight excluding hydrogens is 170 g/mol. The molecule has 0 spiro atoms. The summed E-state index contributed by atoms with van der Waals surface area (Å²) in [5.41, 5.74) is 0.200. The monoisotopic (exact) mass is 191 g/mol. The lowest BCUT2D eigenvalue weighted by atomic mass is 10.00. The van der Waals surface area contributed by atoms with E-state index in [1.165, 1.54) is 6.42 Å². The zero-order valence-electron chi connectivity index (χ0n) is 8.78. The minimum absolute atomic E-state index is 0.200. The summed E-state index contributed by atoms with van der Waals surface area (Å²) in [6.45, 7) is 10.0. The SMILES string of the molecule is CCC(C)CNC(C)(C)CCCl. The molecule has 0 fully saturated rings. The van der Waals surface area contributed by atoms with Crippen LogP contribution in [0.25, 0.3) is 0 Å². The Morgan fingerprint density at radius 2 is 2.00 bits per heavy atom. The van der Waals surface area contributed by atoms with Crippen LogP contribution in [0.3, 0.4) is 0 Å². The van der Waals surface area contributed by atoms with Gasteiger partial charge >= 0.3 is 0 Å². The summed E-state index contributed by atoms with van der Waals surface area (Å²) in [5, 5.41) is 3.53. The van der Waals surface area contributed by atoms with E-state index in [0.717, 1.165) is 24.8 Å². The van der Waals surface area contributed by atoms with E-state index in [1.54, 1.807) is 0 Å². The van der Waals surface area contributed by atoms with Gasteiger partial charge in [-0.1, -0.05) is 20.3 Å². The van der Waals surface area contributed by atoms with E-state index in [4.69, 9.17) is 11.6 Å². The van der Waals surface area contributed by atoms with Gasteiger partial charge in [-0.15, -0.1) is 11.6 Å². The van der Waals surface area contributed by atoms with Crippen molar-refractivity contribution in [2.45, 2.75) is 46.1 Å². The van der Waals surface area contributed by atoms with Crippen LogP contribution in [0.1, 0.15) is 40.5 Å². The Labute approximate surface area is 81.9 Å². The lowest BCUT2D eigenvalue weighted by Gasteiger charge is -2.27. The third-order valence-electron chi connectivity index (χ3n) is 2.35. The summed E-state index contributed by atoms with van der Waals surface area (Å²) in [7, 11) is 0. The van der Waals surface area contributed by atoms with Gasteiger partial charge in [-0.2, -0.15) is 0 Å². The van der Waals surface area contributed by atoms with Gasteiger partial charge in [0.15, 0.2) is 0 Å². The van der Waals surface area contributed by atoms with E-state index in [9.17, 15) is 0 Å². The summed E-state index contributed by atoms with van der Waals surface area (Å²) < 4.78 is 0. The van der Waals surface area contributed by atoms with E-state index in [-0.39, 0.29) is 5.54 Å². The van der Waals surface area contributed by atoms with Crippen molar-refractivity contribution in [1.82, 2.24) is 5.32 Å². The van der Waals surface area contributed by atoms with Crippen molar-refractivity contribution >= 4 is 11.6 Å². The number of rotatable bonds is 6. The molecule has 1 unspecified atom stereocenters. The Morgan fingerprint density at radius 3 is 2.42 bits per heavy atom. The molecule has 2 heteroatoms. The predicted molar refractivity (Wildman–Crippen MR) is 56.9 cm³/mol. The lowest BCUT2D eigenvalue weighted by molar-refractivity contribution is 0.344. The van der Waals surface area contributed by atoms with Crippen molar-refractivity contribution in [3.8, 4) is 0 Å². The molecule has 0 radical (unpaired) electrons. The molecule has 0 amide bonds. The van der Waals surface area contributed by atoms with Gasteiger partial charge in [-0.3, -0.25) is 0 Å². The fourth-order valence-corrected chi connectivity index (χ4v) is 1.39. The summed E-state index contributed by atoms with van der Waals surface area (Å²) in [6.07, 6.45) is 2.27. The smallest absolute Gasteiger partial charge is 0.0240 e. The quantitative estimate of drug-likeness (QED) is 0.637. The van der Waals surface area contributed by atoms with Crippen LogP contribution in [0.2, 0.25) is 0 Å². The average molecular weight is 192 g/mol. The molecule has 0 aliphatic heterocycles. The largest absolute Gasteiger partial charge is 0.311 e. The van der Waals surface area contributed by atoms with Crippen LogP contribution in [0.5, 0.6) is 0 Å². The molecule has 0 saturated heterocycles. The Bertz CT molecular complexity index is 112. The standard InChI is InChI=1S/C10H22ClN/c1-5-9(2)8-12-10(3,4)6-7-11/h9,12H,5-8H2,1-4H3. The summed E-state index contributed by atoms with van der Waals surface area (Å²) in [6, 6.07) is 0. The normalized spacial score (nSPS) is 14.8. The molecule has 1 N–H and O–H groups in total. The number of nitrogens with one attached hydrogen (secondary N) is 1. The van der Waals surface area contributed by atoms with Crippen LogP contribution in [-0.4, -0.2) is 18.0 Å². The molecule has 12 heavy (non-hydrogen) atoms. The Balaban J connectivity index is 3.59. The first-order valence-electron chi connectivity index (χ1n) is 4.83. The zero-order valence-corrected chi connectivity index (χ0v) is 9.54. The maximum absolute atomic E-state index is 5.70. The van der Waals surface area contributed by atoms with E-state index in [1.807, 2.05) is 0 Å². The van der Waals surface area contributed by atoms with Gasteiger partial charge < -0.3 is 5.32 Å². The van der Waals surface area contributed by atoms with Crippen LogP contribution in [0, 0.1) is 5.92 Å². The van der Waals surface area contributed by atoms with Crippen LogP contribution >= 0.6 is 11.6 Å². The number of alkyl halides is 1. The van der Waals surface area contributed by atoms with Gasteiger partial charge in [0.05, 0.1) is 0 Å². The van der Waals surface area contributed by atoms with Crippen LogP contribution in [0.15, 0.2) is 0 Å². The first kappa shape index (κ1) is 12.2. The highest BCUT2D eigenvalue weighted by atomic mass is 35.5. The van der Waals surface area contributed by atoms with Gasteiger partial charge in [0.1, 0.15) is 0 Å². The second-order valence-electron chi connectivity index (χ2n) is 4.22. The van der Waals surface area contributed by atoms with E-state index in [2.05, 4.69) is 33.0 Å². The van der Waals surface area contributed by atoms with Crippen molar-refractivity contribution in [1.29, 1.82) is 0 Å². The Kier molecular flexibility index (Phi) is 5.94. The molecular formula is C10H22ClN. The summed E-state index contributed by atoms with van der Waals surface area (Å²) in [5.74, 6) is 1.50. The third-order valence-corrected chi connectivity index (χ3v) is 2.53. The molecule has 0 bridgehead atoms. The highest BCUT2D eigenvalue weighted by molar-refractivity contribution is 6.17. The number of halogens is 1. The van der Waals surface area contributed by atoms with Gasteiger partial charge in [0.2, 0.25) is 0 Å². The fraction of sp³-hybridized carbons (Fsp3) is 1.00. The van der Waals surface area contributed by atoms with Gasteiger partial charge in [-0.25, -0.2) is 0 Å². The lowest BCUT2D eigenvalue weighted by Crippen LogP contribution is -2.41. The fourth-order valence-electron chi connectivity index (χ4n) is 0.919. The molecule has 0 saturated carbocycles. The van der Waals surface area contributed by atoms with Gasteiger partial charge in [0, 0.05) is 11.4 Å². The minimum atomic E-state index is 0.200. The van der Waals surface area contributed by atoms with E-state index >= 15 is 0 Å². The average Bonchev–Trinajstić information content (AvgIpc) is 2.00. The highest BCUT2D eigenvalue weighted by Gasteiger charge is 2.16. The van der Waals surface area contributed by atoms with Crippen molar-refractivity contribution in [3.63, 3.8) is 0 Å². The molecule has 1 nitrogen and oxygen atoms in total. The molecule has 0 heterocycles. The van der Waals surface area contributed by atoms with Crippen molar-refractivity contribution in [2.24, 2.45) is 5.92 Å². The first-order valence-corrected chi connectivity index (χ1v) is 5.36. The molecule has 0 aliphatic carbocycles. The minimum Gasteiger partial charge on any atom is -0.311 e. The summed E-state index contributed by atoms with van der Waals surface area (Å²) >= 11 is 5.70. The molecule has 1 atom stereocenters. The molecule has 0 aromatic heterocycles. The van der Waals surface area contributed by atoms with E-state index in [0.29, 0.717) is 0 Å². The van der Waals surface area contributed by atoms with E-state index < -0.39 is 0 Å². The third kappa shape index (κ3) is 5.84. The number of hydrogen-bond acceptors (Lipinski definition) is 1. The maximum Gasteiger partial charge on any atom is 0.0240 e. The van der Waals surface area contributed by atoms with Crippen LogP contribution in [-0.2, 0) is 0 Å². The predicted octanol–water partition coefficient (Wildman–Crippen LogP) is 3.03.